The van der Waals surface area contributed by atoms with Crippen LogP contribution in [0.2, 0.25) is 10.0 Å². The zero-order chi connectivity index (χ0) is 30.0. The van der Waals surface area contributed by atoms with E-state index in [4.69, 9.17) is 23.2 Å². The zero-order valence-corrected chi connectivity index (χ0v) is 23.8. The fourth-order valence-corrected chi connectivity index (χ4v) is 7.47. The summed E-state index contributed by atoms with van der Waals surface area (Å²) in [6.07, 6.45) is 3.60. The summed E-state index contributed by atoms with van der Waals surface area (Å²) in [4.78, 5) is 56.8. The lowest BCUT2D eigenvalue weighted by Crippen LogP contribution is -2.49. The van der Waals surface area contributed by atoms with Gasteiger partial charge in [0.05, 0.1) is 21.9 Å². The van der Waals surface area contributed by atoms with Gasteiger partial charge in [-0.05, 0) is 47.0 Å². The molecule has 0 aliphatic carbocycles. The number of hydrogen-bond acceptors (Lipinski definition) is 6. The first-order valence-electron chi connectivity index (χ1n) is 13.5. The molecular weight excluding hydrogens is 589 g/mol. The molecule has 0 radical (unpaired) electrons. The lowest BCUT2D eigenvalue weighted by atomic mass is 9.62. The summed E-state index contributed by atoms with van der Waals surface area (Å²) < 4.78 is 0. The minimum Gasteiger partial charge on any atom is -0.358 e. The topological polar surface area (TPSA) is 110 Å². The van der Waals surface area contributed by atoms with E-state index in [1.54, 1.807) is 41.4 Å². The number of carbonyl (C=O) groups excluding carboxylic acids is 3. The van der Waals surface area contributed by atoms with Gasteiger partial charge in [-0.15, -0.1) is 0 Å². The van der Waals surface area contributed by atoms with E-state index in [1.807, 2.05) is 30.3 Å². The van der Waals surface area contributed by atoms with E-state index in [0.29, 0.717) is 16.3 Å². The Morgan fingerprint density at radius 3 is 2.47 bits per heavy atom. The van der Waals surface area contributed by atoms with Crippen LogP contribution < -0.4 is 5.32 Å². The first-order valence-corrected chi connectivity index (χ1v) is 14.2. The normalized spacial score (nSPS) is 23.0. The molecule has 10 heteroatoms. The van der Waals surface area contributed by atoms with Gasteiger partial charge in [0.1, 0.15) is 11.5 Å². The predicted molar refractivity (Wildman–Crippen MR) is 162 cm³/mol. The van der Waals surface area contributed by atoms with E-state index >= 15 is 0 Å². The summed E-state index contributed by atoms with van der Waals surface area (Å²) in [6.45, 7) is 0. The molecule has 3 aliphatic rings. The molecule has 1 fully saturated rings. The summed E-state index contributed by atoms with van der Waals surface area (Å²) in [7, 11) is 0. The Hall–Kier alpha value is -4.79. The number of para-hydroxylation sites is 1. The number of halogens is 2. The van der Waals surface area contributed by atoms with Gasteiger partial charge in [-0.2, -0.15) is 0 Å². The third kappa shape index (κ3) is 3.87. The van der Waals surface area contributed by atoms with Crippen molar-refractivity contribution in [3.05, 3.63) is 145 Å². The van der Waals surface area contributed by atoms with Crippen LogP contribution in [0.1, 0.15) is 43.4 Å². The second-order valence-electron chi connectivity index (χ2n) is 10.7. The van der Waals surface area contributed by atoms with Crippen molar-refractivity contribution in [2.75, 3.05) is 5.32 Å². The Morgan fingerprint density at radius 2 is 1.67 bits per heavy atom. The van der Waals surface area contributed by atoms with E-state index in [9.17, 15) is 24.5 Å². The second-order valence-corrected chi connectivity index (χ2v) is 11.6. The average Bonchev–Trinajstić information content (AvgIpc) is 3.48. The highest BCUT2D eigenvalue weighted by atomic mass is 35.5. The summed E-state index contributed by atoms with van der Waals surface area (Å²) in [5.41, 5.74) is 1.04. The molecule has 1 N–H and O–H groups in total. The molecule has 212 valence electrons. The molecule has 43 heavy (non-hydrogen) atoms. The van der Waals surface area contributed by atoms with E-state index in [1.165, 1.54) is 36.4 Å². The number of Topliss-reactive ketones (excluding diaryl/α,β-unsaturated/α-hetero) is 2. The predicted octanol–water partition coefficient (Wildman–Crippen LogP) is 6.88. The minimum atomic E-state index is -1.57. The summed E-state index contributed by atoms with van der Waals surface area (Å²) in [6, 6.07) is 22.6. The molecule has 1 spiro atoms. The van der Waals surface area contributed by atoms with Crippen LogP contribution in [0.3, 0.4) is 0 Å². The highest BCUT2D eigenvalue weighted by molar-refractivity contribution is 6.37. The number of fused-ring (bicyclic) bond motifs is 6. The number of non-ortho nitro benzene ring substituents is 1. The first kappa shape index (κ1) is 27.1. The van der Waals surface area contributed by atoms with Crippen LogP contribution >= 0.6 is 23.2 Å². The number of nitrogens with zero attached hydrogens (tertiary/aromatic N) is 2. The van der Waals surface area contributed by atoms with Crippen molar-refractivity contribution in [1.29, 1.82) is 0 Å². The fraction of sp³-hybridized carbons (Fsp3) is 0.121. The molecule has 0 aromatic heterocycles. The van der Waals surface area contributed by atoms with Crippen molar-refractivity contribution in [3.8, 4) is 0 Å². The Balaban J connectivity index is 1.54. The van der Waals surface area contributed by atoms with Crippen LogP contribution in [0.15, 0.2) is 97.2 Å². The number of rotatable bonds is 5. The molecule has 8 nitrogen and oxygen atoms in total. The van der Waals surface area contributed by atoms with Gasteiger partial charge in [-0.25, -0.2) is 0 Å². The maximum atomic E-state index is 14.8. The Morgan fingerprint density at radius 1 is 0.907 bits per heavy atom. The molecule has 1 saturated heterocycles. The van der Waals surface area contributed by atoms with Gasteiger partial charge in [0, 0.05) is 40.2 Å². The smallest absolute Gasteiger partial charge is 0.270 e. The second kappa shape index (κ2) is 9.90. The van der Waals surface area contributed by atoms with E-state index in [0.717, 1.165) is 11.1 Å². The van der Waals surface area contributed by atoms with Gasteiger partial charge >= 0.3 is 0 Å². The molecule has 1 amide bonds. The van der Waals surface area contributed by atoms with Crippen LogP contribution in [0, 0.1) is 16.0 Å². The molecule has 4 aromatic carbocycles. The quantitative estimate of drug-likeness (QED) is 0.150. The number of ketones is 2. The van der Waals surface area contributed by atoms with Gasteiger partial charge in [0.15, 0.2) is 11.6 Å². The Bertz CT molecular complexity index is 1920. The van der Waals surface area contributed by atoms with Gasteiger partial charge in [-0.3, -0.25) is 24.5 Å². The lowest BCUT2D eigenvalue weighted by molar-refractivity contribution is -0.384. The Kier molecular flexibility index (Phi) is 6.23. The van der Waals surface area contributed by atoms with Crippen LogP contribution in [0.5, 0.6) is 0 Å². The summed E-state index contributed by atoms with van der Waals surface area (Å²) in [5.74, 6) is -2.78. The van der Waals surface area contributed by atoms with Crippen LogP contribution in [-0.2, 0) is 10.2 Å². The standard InChI is InChI=1S/C33H21Cl2N3O5/c34-20-12-13-23(25(35)17-20)30(40)28-27(29(39)19-7-5-8-21(16-19)38(42)43)33(24-10-3-4-11-26(24)36-32(33)41)31-22-9-2-1-6-18(22)14-15-37(28)31/h1-17,27-28,31H,(H,36,41)/t27-,28+,31-,33-/m1/s1. The number of anilines is 1. The molecule has 4 atom stereocenters. The van der Waals surface area contributed by atoms with Gasteiger partial charge < -0.3 is 10.2 Å². The molecule has 7 rings (SSSR count). The number of amides is 1. The SMILES string of the molecule is O=C(c1ccc(Cl)cc1Cl)[C@@H]1[C@H](C(=O)c2cccc([N+](=O)[O-])c2)[C@@]2(C(=O)Nc3ccccc32)[C@H]2c3ccccc3C=CN12. The number of nitro benzene ring substituents is 1. The number of benzene rings is 4. The largest absolute Gasteiger partial charge is 0.358 e. The van der Waals surface area contributed by atoms with E-state index in [-0.39, 0.29) is 21.8 Å². The van der Waals surface area contributed by atoms with Crippen molar-refractivity contribution >= 4 is 58.1 Å². The van der Waals surface area contributed by atoms with Crippen molar-refractivity contribution < 1.29 is 19.3 Å². The molecular formula is C33H21Cl2N3O5. The van der Waals surface area contributed by atoms with Crippen LogP contribution in [0.25, 0.3) is 6.08 Å². The Labute approximate surface area is 255 Å². The highest BCUT2D eigenvalue weighted by Crippen LogP contribution is 2.62. The number of nitro groups is 1. The molecule has 4 aromatic rings. The summed E-state index contributed by atoms with van der Waals surface area (Å²) >= 11 is 12.7. The molecule has 0 unspecified atom stereocenters. The van der Waals surface area contributed by atoms with Gasteiger partial charge in [0.25, 0.3) is 5.69 Å². The number of hydrogen-bond donors (Lipinski definition) is 1. The van der Waals surface area contributed by atoms with E-state index in [2.05, 4.69) is 5.32 Å². The van der Waals surface area contributed by atoms with Crippen molar-refractivity contribution in [2.24, 2.45) is 5.92 Å². The first-order chi connectivity index (χ1) is 20.7. The van der Waals surface area contributed by atoms with Crippen LogP contribution in [0.4, 0.5) is 11.4 Å². The molecule has 0 saturated carbocycles. The van der Waals surface area contributed by atoms with Crippen molar-refractivity contribution in [3.63, 3.8) is 0 Å². The molecule has 0 bridgehead atoms. The lowest BCUT2D eigenvalue weighted by Gasteiger charge is -2.38. The monoisotopic (exact) mass is 609 g/mol. The zero-order valence-electron chi connectivity index (χ0n) is 22.2. The number of nitrogens with one attached hydrogen (secondary N) is 1. The highest BCUT2D eigenvalue weighted by Gasteiger charge is 2.70. The van der Waals surface area contributed by atoms with E-state index < -0.39 is 45.8 Å². The molecule has 3 heterocycles. The van der Waals surface area contributed by atoms with Gasteiger partial charge in [0.2, 0.25) is 5.91 Å². The molecule has 3 aliphatic heterocycles. The van der Waals surface area contributed by atoms with Crippen molar-refractivity contribution in [2.45, 2.75) is 17.5 Å². The minimum absolute atomic E-state index is 0.0212. The average molecular weight is 610 g/mol. The maximum absolute atomic E-state index is 14.8. The number of carbonyl (C=O) groups is 3. The van der Waals surface area contributed by atoms with Crippen molar-refractivity contribution in [1.82, 2.24) is 4.90 Å². The maximum Gasteiger partial charge on any atom is 0.270 e. The van der Waals surface area contributed by atoms with Crippen LogP contribution in [-0.4, -0.2) is 33.3 Å². The third-order valence-electron chi connectivity index (χ3n) is 8.66. The van der Waals surface area contributed by atoms with Gasteiger partial charge in [-0.1, -0.05) is 77.8 Å². The fourth-order valence-electron chi connectivity index (χ4n) is 6.97. The third-order valence-corrected chi connectivity index (χ3v) is 9.21. The summed E-state index contributed by atoms with van der Waals surface area (Å²) in [5, 5.41) is 15.1.